The fourth-order valence-corrected chi connectivity index (χ4v) is 3.75. The minimum atomic E-state index is -0.160. The van der Waals surface area contributed by atoms with Gasteiger partial charge in [0.25, 0.3) is 5.91 Å². The molecule has 1 aliphatic heterocycles. The number of thiazole rings is 1. The van der Waals surface area contributed by atoms with Crippen molar-refractivity contribution in [2.45, 2.75) is 19.3 Å². The highest BCUT2D eigenvalue weighted by atomic mass is 32.1. The van der Waals surface area contributed by atoms with Crippen LogP contribution >= 0.6 is 11.3 Å². The number of carbonyl (C=O) groups is 1. The van der Waals surface area contributed by atoms with Gasteiger partial charge in [-0.1, -0.05) is 0 Å². The number of anilines is 1. The van der Waals surface area contributed by atoms with Crippen molar-refractivity contribution < 1.29 is 14.6 Å². The van der Waals surface area contributed by atoms with Crippen molar-refractivity contribution in [3.63, 3.8) is 0 Å². The third kappa shape index (κ3) is 4.11. The lowest BCUT2D eigenvalue weighted by molar-refractivity contribution is 0.0951. The van der Waals surface area contributed by atoms with Crippen molar-refractivity contribution in [1.29, 1.82) is 0 Å². The molecular formula is C18H23N3O3S. The van der Waals surface area contributed by atoms with E-state index in [-0.39, 0.29) is 12.5 Å². The Morgan fingerprint density at radius 3 is 2.92 bits per heavy atom. The van der Waals surface area contributed by atoms with E-state index in [9.17, 15) is 4.79 Å². The van der Waals surface area contributed by atoms with E-state index >= 15 is 0 Å². The van der Waals surface area contributed by atoms with E-state index in [2.05, 4.69) is 10.2 Å². The molecule has 1 aromatic carbocycles. The smallest absolute Gasteiger partial charge is 0.251 e. The summed E-state index contributed by atoms with van der Waals surface area (Å²) < 4.78 is 5.45. The number of methoxy groups -OCH3 is 1. The fourth-order valence-electron chi connectivity index (χ4n) is 2.87. The molecule has 134 valence electrons. The molecule has 1 saturated heterocycles. The molecule has 6 nitrogen and oxygen atoms in total. The van der Waals surface area contributed by atoms with Gasteiger partial charge < -0.3 is 20.1 Å². The minimum absolute atomic E-state index is 0.0617. The number of amides is 1. The van der Waals surface area contributed by atoms with E-state index in [0.717, 1.165) is 29.5 Å². The molecule has 0 aliphatic carbocycles. The summed E-state index contributed by atoms with van der Waals surface area (Å²) in [6.07, 6.45) is 2.96. The minimum Gasteiger partial charge on any atom is -0.496 e. The Labute approximate surface area is 151 Å². The van der Waals surface area contributed by atoms with E-state index < -0.39 is 0 Å². The summed E-state index contributed by atoms with van der Waals surface area (Å²) in [5.41, 5.74) is 2.21. The number of nitrogens with one attached hydrogen (secondary N) is 1. The van der Waals surface area contributed by atoms with Crippen LogP contribution in [0.4, 0.5) is 5.13 Å². The van der Waals surface area contributed by atoms with Gasteiger partial charge in [-0.25, -0.2) is 4.98 Å². The van der Waals surface area contributed by atoms with Gasteiger partial charge in [-0.15, -0.1) is 11.3 Å². The van der Waals surface area contributed by atoms with Crippen LogP contribution in [0.15, 0.2) is 23.6 Å². The first kappa shape index (κ1) is 17.7. The largest absolute Gasteiger partial charge is 0.496 e. The highest BCUT2D eigenvalue weighted by molar-refractivity contribution is 7.14. The number of hydrogen-bond donors (Lipinski definition) is 2. The Hall–Kier alpha value is -2.12. The van der Waals surface area contributed by atoms with Gasteiger partial charge in [0.1, 0.15) is 5.75 Å². The van der Waals surface area contributed by atoms with Crippen molar-refractivity contribution in [2.24, 2.45) is 0 Å². The molecular weight excluding hydrogens is 338 g/mol. The number of rotatable bonds is 7. The van der Waals surface area contributed by atoms with Gasteiger partial charge in [0.2, 0.25) is 0 Å². The molecule has 0 radical (unpaired) electrons. The van der Waals surface area contributed by atoms with E-state index in [0.29, 0.717) is 24.3 Å². The topological polar surface area (TPSA) is 74.7 Å². The second-order valence-electron chi connectivity index (χ2n) is 5.96. The molecule has 2 aromatic rings. The second-order valence-corrected chi connectivity index (χ2v) is 6.79. The zero-order valence-corrected chi connectivity index (χ0v) is 15.1. The highest BCUT2D eigenvalue weighted by Gasteiger charge is 2.18. The standard InChI is InChI=1S/C18H23N3O3S/c1-24-16-6-5-13(17(23)19-7-4-10-22)11-14(16)15-12-25-18(20-15)21-8-2-3-9-21/h5-6,11-12,22H,2-4,7-10H2,1H3,(H,19,23). The first-order valence-corrected chi connectivity index (χ1v) is 9.39. The van der Waals surface area contributed by atoms with Crippen LogP contribution in [0.1, 0.15) is 29.6 Å². The molecule has 2 N–H and O–H groups in total. The third-order valence-corrected chi connectivity index (χ3v) is 5.13. The number of carbonyl (C=O) groups excluding carboxylic acids is 1. The van der Waals surface area contributed by atoms with Gasteiger partial charge in [-0.05, 0) is 37.5 Å². The molecule has 1 aliphatic rings. The van der Waals surface area contributed by atoms with E-state index in [1.165, 1.54) is 12.8 Å². The summed E-state index contributed by atoms with van der Waals surface area (Å²) in [7, 11) is 1.62. The van der Waals surface area contributed by atoms with Crippen LogP contribution in [0, 0.1) is 0 Å². The van der Waals surface area contributed by atoms with Crippen LogP contribution in [0.25, 0.3) is 11.3 Å². The molecule has 1 fully saturated rings. The Bertz CT molecular complexity index is 726. The molecule has 7 heteroatoms. The zero-order chi connectivity index (χ0) is 17.6. The summed E-state index contributed by atoms with van der Waals surface area (Å²) in [6, 6.07) is 5.35. The average Bonchev–Trinajstić information content (AvgIpc) is 3.32. The summed E-state index contributed by atoms with van der Waals surface area (Å²) in [5, 5.41) is 14.7. The van der Waals surface area contributed by atoms with Crippen LogP contribution in [-0.2, 0) is 0 Å². The fraction of sp³-hybridized carbons (Fsp3) is 0.444. The number of benzene rings is 1. The molecule has 1 aromatic heterocycles. The molecule has 0 bridgehead atoms. The van der Waals surface area contributed by atoms with E-state index in [4.69, 9.17) is 14.8 Å². The van der Waals surface area contributed by atoms with E-state index in [1.807, 2.05) is 11.4 Å². The number of ether oxygens (including phenoxy) is 1. The lowest BCUT2D eigenvalue weighted by atomic mass is 10.1. The molecule has 25 heavy (non-hydrogen) atoms. The van der Waals surface area contributed by atoms with Crippen molar-refractivity contribution in [1.82, 2.24) is 10.3 Å². The Morgan fingerprint density at radius 2 is 2.20 bits per heavy atom. The summed E-state index contributed by atoms with van der Waals surface area (Å²) >= 11 is 1.62. The Morgan fingerprint density at radius 1 is 1.40 bits per heavy atom. The van der Waals surface area contributed by atoms with Crippen molar-refractivity contribution in [2.75, 3.05) is 38.3 Å². The van der Waals surface area contributed by atoms with Gasteiger partial charge in [-0.2, -0.15) is 0 Å². The van der Waals surface area contributed by atoms with Crippen LogP contribution in [0.3, 0.4) is 0 Å². The van der Waals surface area contributed by atoms with Crippen molar-refractivity contribution in [3.05, 3.63) is 29.1 Å². The van der Waals surface area contributed by atoms with Crippen LogP contribution in [0.2, 0.25) is 0 Å². The summed E-state index contributed by atoms with van der Waals surface area (Å²) in [4.78, 5) is 19.3. The molecule has 0 unspecified atom stereocenters. The SMILES string of the molecule is COc1ccc(C(=O)NCCCO)cc1-c1csc(N2CCCC2)n1. The number of aromatic nitrogens is 1. The molecule has 3 rings (SSSR count). The van der Waals surface area contributed by atoms with Gasteiger partial charge in [0.15, 0.2) is 5.13 Å². The second kappa shape index (κ2) is 8.31. The predicted molar refractivity (Wildman–Crippen MR) is 99.6 cm³/mol. The quantitative estimate of drug-likeness (QED) is 0.741. The lowest BCUT2D eigenvalue weighted by Gasteiger charge is -2.13. The predicted octanol–water partition coefficient (Wildman–Crippen LogP) is 2.53. The van der Waals surface area contributed by atoms with Gasteiger partial charge in [-0.3, -0.25) is 4.79 Å². The van der Waals surface area contributed by atoms with Crippen molar-refractivity contribution in [3.8, 4) is 17.0 Å². The van der Waals surface area contributed by atoms with Crippen molar-refractivity contribution >= 4 is 22.4 Å². The maximum atomic E-state index is 12.3. The van der Waals surface area contributed by atoms with Crippen LogP contribution in [-0.4, -0.2) is 49.3 Å². The summed E-state index contributed by atoms with van der Waals surface area (Å²) in [5.74, 6) is 0.539. The number of hydrogen-bond acceptors (Lipinski definition) is 6. The first-order valence-electron chi connectivity index (χ1n) is 8.51. The Kier molecular flexibility index (Phi) is 5.88. The van der Waals surface area contributed by atoms with Crippen LogP contribution in [0.5, 0.6) is 5.75 Å². The third-order valence-electron chi connectivity index (χ3n) is 4.23. The van der Waals surface area contributed by atoms with Crippen LogP contribution < -0.4 is 15.0 Å². The molecule has 0 atom stereocenters. The molecule has 1 amide bonds. The number of nitrogens with zero attached hydrogens (tertiary/aromatic N) is 2. The first-order chi connectivity index (χ1) is 12.2. The number of aliphatic hydroxyl groups is 1. The normalized spacial score (nSPS) is 13.9. The monoisotopic (exact) mass is 361 g/mol. The van der Waals surface area contributed by atoms with Gasteiger partial charge in [0.05, 0.1) is 12.8 Å². The van der Waals surface area contributed by atoms with Gasteiger partial charge in [0, 0.05) is 42.7 Å². The lowest BCUT2D eigenvalue weighted by Crippen LogP contribution is -2.25. The molecule has 0 spiro atoms. The maximum absolute atomic E-state index is 12.3. The molecule has 0 saturated carbocycles. The summed E-state index contributed by atoms with van der Waals surface area (Å²) in [6.45, 7) is 2.62. The average molecular weight is 361 g/mol. The molecule has 2 heterocycles. The number of aliphatic hydroxyl groups excluding tert-OH is 1. The zero-order valence-electron chi connectivity index (χ0n) is 14.3. The Balaban J connectivity index is 1.84. The van der Waals surface area contributed by atoms with Gasteiger partial charge >= 0.3 is 0 Å². The van der Waals surface area contributed by atoms with E-state index in [1.54, 1.807) is 30.6 Å². The maximum Gasteiger partial charge on any atom is 0.251 e. The highest BCUT2D eigenvalue weighted by Crippen LogP contribution is 2.35.